The molecule has 0 aliphatic carbocycles. The Kier molecular flexibility index (Phi) is 5.11. The maximum absolute atomic E-state index is 12.9. The fourth-order valence-electron chi connectivity index (χ4n) is 3.20. The minimum absolute atomic E-state index is 0.189. The lowest BCUT2D eigenvalue weighted by Gasteiger charge is -2.19. The molecule has 0 unspecified atom stereocenters. The van der Waals surface area contributed by atoms with E-state index in [0.717, 1.165) is 16.8 Å². The predicted octanol–water partition coefficient (Wildman–Crippen LogP) is 3.60. The van der Waals surface area contributed by atoms with Crippen molar-refractivity contribution in [1.82, 2.24) is 20.3 Å². The average Bonchev–Trinajstić information content (AvgIpc) is 3.42. The van der Waals surface area contributed by atoms with Crippen LogP contribution in [0.4, 0.5) is 0 Å². The van der Waals surface area contributed by atoms with Crippen LogP contribution in [0.1, 0.15) is 27.8 Å². The Balaban J connectivity index is 1.62. The van der Waals surface area contributed by atoms with Crippen LogP contribution in [0, 0.1) is 0 Å². The molecule has 0 aliphatic rings. The monoisotopic (exact) mass is 388 g/mol. The summed E-state index contributed by atoms with van der Waals surface area (Å²) in [6.07, 6.45) is 1.70. The van der Waals surface area contributed by atoms with E-state index in [9.17, 15) is 4.79 Å². The van der Waals surface area contributed by atoms with E-state index in [4.69, 9.17) is 9.26 Å². The summed E-state index contributed by atoms with van der Waals surface area (Å²) < 4.78 is 12.5. The Morgan fingerprint density at radius 2 is 1.86 bits per heavy atom. The van der Waals surface area contributed by atoms with Crippen molar-refractivity contribution in [3.63, 3.8) is 0 Å². The smallest absolute Gasteiger partial charge is 0.274 e. The van der Waals surface area contributed by atoms with E-state index in [2.05, 4.69) is 15.6 Å². The van der Waals surface area contributed by atoms with Gasteiger partial charge in [0, 0.05) is 19.3 Å². The summed E-state index contributed by atoms with van der Waals surface area (Å²) in [5, 5.41) is 11.2. The number of hydrogen-bond acceptors (Lipinski definition) is 5. The van der Waals surface area contributed by atoms with E-state index in [-0.39, 0.29) is 17.6 Å². The van der Waals surface area contributed by atoms with Gasteiger partial charge in [0.1, 0.15) is 5.75 Å². The molecule has 0 saturated carbocycles. The summed E-state index contributed by atoms with van der Waals surface area (Å²) >= 11 is 0. The molecule has 0 spiro atoms. The number of aryl methyl sites for hydroxylation is 1. The van der Waals surface area contributed by atoms with Crippen LogP contribution < -0.4 is 10.1 Å². The lowest BCUT2D eigenvalue weighted by molar-refractivity contribution is 0.0932. The van der Waals surface area contributed by atoms with Gasteiger partial charge in [0.25, 0.3) is 5.91 Å². The number of benzene rings is 2. The van der Waals surface area contributed by atoms with Crippen LogP contribution in [0.3, 0.4) is 0 Å². The Bertz CT molecular complexity index is 1120. The lowest BCUT2D eigenvalue weighted by atomic mass is 10.0. The number of hydrogen-bond donors (Lipinski definition) is 1. The fourth-order valence-corrected chi connectivity index (χ4v) is 3.20. The molecule has 2 aromatic carbocycles. The standard InChI is InChI=1S/C22H20N4O3/c1-26-18(12-13-23-26)21(15-8-4-3-5-9-15)24-22(27)17-14-20(29-25-17)16-10-6-7-11-19(16)28-2/h3-14,21H,1-2H3,(H,24,27)/t21-/m1/s1. The summed E-state index contributed by atoms with van der Waals surface area (Å²) in [5.41, 5.74) is 2.72. The second kappa shape index (κ2) is 8.02. The first-order chi connectivity index (χ1) is 14.2. The highest BCUT2D eigenvalue weighted by atomic mass is 16.5. The molecule has 2 heterocycles. The maximum atomic E-state index is 12.9. The highest BCUT2D eigenvalue weighted by molar-refractivity contribution is 5.93. The predicted molar refractivity (Wildman–Crippen MR) is 107 cm³/mol. The van der Waals surface area contributed by atoms with E-state index in [1.807, 2.05) is 67.7 Å². The summed E-state index contributed by atoms with van der Waals surface area (Å²) in [7, 11) is 3.43. The first kappa shape index (κ1) is 18.5. The molecular weight excluding hydrogens is 368 g/mol. The van der Waals surface area contributed by atoms with Crippen molar-refractivity contribution in [3.8, 4) is 17.1 Å². The molecule has 0 radical (unpaired) electrons. The van der Waals surface area contributed by atoms with E-state index in [1.54, 1.807) is 24.1 Å². The van der Waals surface area contributed by atoms with Crippen molar-refractivity contribution in [2.24, 2.45) is 7.05 Å². The van der Waals surface area contributed by atoms with Gasteiger partial charge in [-0.2, -0.15) is 5.10 Å². The summed E-state index contributed by atoms with van der Waals surface area (Å²) in [6.45, 7) is 0. The second-order valence-corrected chi connectivity index (χ2v) is 6.47. The number of rotatable bonds is 6. The van der Waals surface area contributed by atoms with Gasteiger partial charge in [-0.05, 0) is 23.8 Å². The zero-order valence-corrected chi connectivity index (χ0v) is 16.1. The lowest BCUT2D eigenvalue weighted by Crippen LogP contribution is -2.30. The van der Waals surface area contributed by atoms with Gasteiger partial charge in [0.05, 0.1) is 24.4 Å². The molecule has 0 bridgehead atoms. The number of para-hydroxylation sites is 1. The van der Waals surface area contributed by atoms with Gasteiger partial charge in [0.15, 0.2) is 11.5 Å². The molecule has 0 aliphatic heterocycles. The van der Waals surface area contributed by atoms with Gasteiger partial charge in [0.2, 0.25) is 0 Å². The quantitative estimate of drug-likeness (QED) is 0.546. The van der Waals surface area contributed by atoms with E-state index >= 15 is 0 Å². The summed E-state index contributed by atoms with van der Waals surface area (Å²) in [6, 6.07) is 20.2. The van der Waals surface area contributed by atoms with Gasteiger partial charge < -0.3 is 14.6 Å². The Morgan fingerprint density at radius 3 is 2.59 bits per heavy atom. The number of methoxy groups -OCH3 is 1. The van der Waals surface area contributed by atoms with E-state index in [1.165, 1.54) is 0 Å². The van der Waals surface area contributed by atoms with Gasteiger partial charge >= 0.3 is 0 Å². The van der Waals surface area contributed by atoms with Gasteiger partial charge in [-0.25, -0.2) is 0 Å². The first-order valence-electron chi connectivity index (χ1n) is 9.11. The van der Waals surface area contributed by atoms with Crippen LogP contribution in [0.2, 0.25) is 0 Å². The molecule has 0 saturated heterocycles. The van der Waals surface area contributed by atoms with Crippen LogP contribution >= 0.6 is 0 Å². The van der Waals surface area contributed by atoms with Crippen molar-refractivity contribution in [1.29, 1.82) is 0 Å². The first-order valence-corrected chi connectivity index (χ1v) is 9.11. The molecular formula is C22H20N4O3. The highest BCUT2D eigenvalue weighted by Crippen LogP contribution is 2.30. The van der Waals surface area contributed by atoms with E-state index < -0.39 is 0 Å². The van der Waals surface area contributed by atoms with Gasteiger partial charge in [-0.15, -0.1) is 0 Å². The summed E-state index contributed by atoms with van der Waals surface area (Å²) in [4.78, 5) is 12.9. The number of nitrogens with zero attached hydrogens (tertiary/aromatic N) is 3. The molecule has 0 fully saturated rings. The zero-order valence-electron chi connectivity index (χ0n) is 16.1. The molecule has 7 nitrogen and oxygen atoms in total. The molecule has 1 N–H and O–H groups in total. The molecule has 4 rings (SSSR count). The van der Waals surface area contributed by atoms with Crippen molar-refractivity contribution >= 4 is 5.91 Å². The number of aromatic nitrogens is 3. The number of carbonyl (C=O) groups excluding carboxylic acids is 1. The topological polar surface area (TPSA) is 82.2 Å². The maximum Gasteiger partial charge on any atom is 0.274 e. The molecule has 29 heavy (non-hydrogen) atoms. The fraction of sp³-hybridized carbons (Fsp3) is 0.136. The largest absolute Gasteiger partial charge is 0.496 e. The minimum atomic E-state index is -0.373. The molecule has 2 aromatic heterocycles. The number of carbonyl (C=O) groups is 1. The van der Waals surface area contributed by atoms with Gasteiger partial charge in [-0.1, -0.05) is 47.6 Å². The third-order valence-corrected chi connectivity index (χ3v) is 4.68. The average molecular weight is 388 g/mol. The molecule has 1 atom stereocenters. The third-order valence-electron chi connectivity index (χ3n) is 4.68. The van der Waals surface area contributed by atoms with Crippen molar-refractivity contribution < 1.29 is 14.1 Å². The molecule has 146 valence electrons. The number of nitrogens with one attached hydrogen (secondary N) is 1. The number of ether oxygens (including phenoxy) is 1. The zero-order chi connectivity index (χ0) is 20.2. The number of amides is 1. The van der Waals surface area contributed by atoms with Crippen molar-refractivity contribution in [2.45, 2.75) is 6.04 Å². The van der Waals surface area contributed by atoms with Crippen LogP contribution in [0.15, 0.2) is 77.4 Å². The SMILES string of the molecule is COc1ccccc1-c1cc(C(=O)N[C@H](c2ccccc2)c2ccnn2C)no1. The minimum Gasteiger partial charge on any atom is -0.496 e. The molecule has 4 aromatic rings. The van der Waals surface area contributed by atoms with Crippen LogP contribution in [-0.4, -0.2) is 28.0 Å². The molecule has 1 amide bonds. The van der Waals surface area contributed by atoms with Gasteiger partial charge in [-0.3, -0.25) is 9.48 Å². The normalized spacial score (nSPS) is 11.8. The highest BCUT2D eigenvalue weighted by Gasteiger charge is 2.23. The molecule has 7 heteroatoms. The van der Waals surface area contributed by atoms with Crippen molar-refractivity contribution in [2.75, 3.05) is 7.11 Å². The Morgan fingerprint density at radius 1 is 1.10 bits per heavy atom. The Labute approximate surface area is 167 Å². The second-order valence-electron chi connectivity index (χ2n) is 6.47. The summed E-state index contributed by atoms with van der Waals surface area (Å²) in [5.74, 6) is 0.766. The third kappa shape index (κ3) is 3.75. The van der Waals surface area contributed by atoms with Crippen LogP contribution in [-0.2, 0) is 7.05 Å². The van der Waals surface area contributed by atoms with E-state index in [0.29, 0.717) is 11.5 Å². The Hall–Kier alpha value is -3.87. The van der Waals surface area contributed by atoms with Crippen LogP contribution in [0.5, 0.6) is 5.75 Å². The van der Waals surface area contributed by atoms with Crippen molar-refractivity contribution in [3.05, 3.63) is 89.9 Å². The van der Waals surface area contributed by atoms with Crippen LogP contribution in [0.25, 0.3) is 11.3 Å².